The van der Waals surface area contributed by atoms with Crippen LogP contribution in [0.3, 0.4) is 0 Å². The van der Waals surface area contributed by atoms with Crippen LogP contribution in [0, 0.1) is 5.41 Å². The smallest absolute Gasteiger partial charge is 0.164 e. The maximum atomic E-state index is 8.44. The van der Waals surface area contributed by atoms with E-state index in [1.165, 1.54) is 0 Å². The van der Waals surface area contributed by atoms with Crippen molar-refractivity contribution in [3.8, 4) is 0 Å². The summed E-state index contributed by atoms with van der Waals surface area (Å²) < 4.78 is 0. The van der Waals surface area contributed by atoms with Gasteiger partial charge in [0.25, 0.3) is 0 Å². The van der Waals surface area contributed by atoms with Crippen molar-refractivity contribution in [3.05, 3.63) is 0 Å². The van der Waals surface area contributed by atoms with Crippen molar-refractivity contribution in [1.82, 2.24) is 5.32 Å². The van der Waals surface area contributed by atoms with Crippen molar-refractivity contribution in [2.45, 2.75) is 27.1 Å². The molecule has 0 amide bonds. The lowest BCUT2D eigenvalue weighted by molar-refractivity contribution is -0.0380. The molecule has 0 radical (unpaired) electrons. The molecule has 0 aliphatic rings. The summed E-state index contributed by atoms with van der Waals surface area (Å²) in [5.74, 6) is 0. The highest BCUT2D eigenvalue weighted by Crippen LogP contribution is 2.09. The van der Waals surface area contributed by atoms with Crippen molar-refractivity contribution in [2.24, 2.45) is 5.41 Å². The van der Waals surface area contributed by atoms with E-state index in [4.69, 9.17) is 10.2 Å². The molecule has 0 saturated heterocycles. The fraction of sp³-hybridized carbons (Fsp3) is 1.00. The van der Waals surface area contributed by atoms with Crippen LogP contribution in [0.15, 0.2) is 0 Å². The van der Waals surface area contributed by atoms with Gasteiger partial charge in [-0.1, -0.05) is 20.8 Å². The second-order valence-corrected chi connectivity index (χ2v) is 3.67. The fourth-order valence-electron chi connectivity index (χ4n) is 0.576. The van der Waals surface area contributed by atoms with Gasteiger partial charge in [0, 0.05) is 13.1 Å². The molecule has 0 unspecified atom stereocenters. The van der Waals surface area contributed by atoms with Crippen molar-refractivity contribution < 1.29 is 10.2 Å². The third-order valence-corrected chi connectivity index (χ3v) is 0.982. The molecule has 0 heterocycles. The molecule has 0 aromatic rings. The maximum Gasteiger partial charge on any atom is 0.164 e. The molecule has 0 aromatic carbocycles. The molecule has 0 aromatic heterocycles. The third kappa shape index (κ3) is 7.88. The second-order valence-electron chi connectivity index (χ2n) is 3.67. The monoisotopic (exact) mass is 147 g/mol. The number of aliphatic hydroxyl groups excluding tert-OH is 1. The van der Waals surface area contributed by atoms with E-state index in [1.807, 2.05) is 0 Å². The quantitative estimate of drug-likeness (QED) is 0.490. The first-order valence-corrected chi connectivity index (χ1v) is 3.49. The molecular weight excluding hydrogens is 130 g/mol. The summed E-state index contributed by atoms with van der Waals surface area (Å²) in [6, 6.07) is 0. The molecule has 3 N–H and O–H groups in total. The van der Waals surface area contributed by atoms with Gasteiger partial charge in [-0.15, -0.1) is 0 Å². The molecule has 10 heavy (non-hydrogen) atoms. The maximum absolute atomic E-state index is 8.44. The zero-order chi connectivity index (χ0) is 8.20. The molecule has 0 saturated carbocycles. The van der Waals surface area contributed by atoms with Gasteiger partial charge in [-0.2, -0.15) is 0 Å². The lowest BCUT2D eigenvalue weighted by Gasteiger charge is -2.18. The summed E-state index contributed by atoms with van der Waals surface area (Å²) in [4.78, 5) is 0. The van der Waals surface area contributed by atoms with Crippen LogP contribution in [0.25, 0.3) is 0 Å². The molecular formula is C7H17NO2. The van der Waals surface area contributed by atoms with Crippen molar-refractivity contribution in [3.63, 3.8) is 0 Å². The largest absolute Gasteiger partial charge is 0.367 e. The zero-order valence-electron chi connectivity index (χ0n) is 6.89. The lowest BCUT2D eigenvalue weighted by atomic mass is 9.97. The number of hydrogen-bond donors (Lipinski definition) is 3. The van der Waals surface area contributed by atoms with E-state index in [0.29, 0.717) is 0 Å². The van der Waals surface area contributed by atoms with Crippen LogP contribution in [0.1, 0.15) is 20.8 Å². The molecule has 3 heteroatoms. The number of aliphatic hydroxyl groups is 2. The molecule has 3 nitrogen and oxygen atoms in total. The Balaban J connectivity index is 3.21. The Labute approximate surface area is 62.1 Å². The second kappa shape index (κ2) is 3.91. The van der Waals surface area contributed by atoms with E-state index in [-0.39, 0.29) is 12.0 Å². The summed E-state index contributed by atoms with van der Waals surface area (Å²) in [5, 5.41) is 19.8. The van der Waals surface area contributed by atoms with E-state index in [0.717, 1.165) is 6.54 Å². The number of hydrogen-bond acceptors (Lipinski definition) is 3. The van der Waals surface area contributed by atoms with Gasteiger partial charge >= 0.3 is 0 Å². The van der Waals surface area contributed by atoms with Crippen LogP contribution >= 0.6 is 0 Å². The molecule has 0 spiro atoms. The van der Waals surface area contributed by atoms with Crippen LogP contribution in [-0.4, -0.2) is 29.6 Å². The molecule has 0 fully saturated rings. The van der Waals surface area contributed by atoms with Crippen LogP contribution < -0.4 is 5.32 Å². The van der Waals surface area contributed by atoms with Gasteiger partial charge in [-0.3, -0.25) is 0 Å². The van der Waals surface area contributed by atoms with Gasteiger partial charge < -0.3 is 15.5 Å². The molecule has 62 valence electrons. The van der Waals surface area contributed by atoms with Gasteiger partial charge in [-0.25, -0.2) is 0 Å². The first-order valence-electron chi connectivity index (χ1n) is 3.49. The van der Waals surface area contributed by atoms with Crippen molar-refractivity contribution in [1.29, 1.82) is 0 Å². The highest BCUT2D eigenvalue weighted by atomic mass is 16.5. The minimum atomic E-state index is -1.23. The van der Waals surface area contributed by atoms with Crippen molar-refractivity contribution >= 4 is 0 Å². The van der Waals surface area contributed by atoms with Gasteiger partial charge in [0.2, 0.25) is 0 Å². The highest BCUT2D eigenvalue weighted by Gasteiger charge is 2.09. The highest BCUT2D eigenvalue weighted by molar-refractivity contribution is 4.64. The summed E-state index contributed by atoms with van der Waals surface area (Å²) in [7, 11) is 0. The van der Waals surface area contributed by atoms with E-state index < -0.39 is 6.29 Å². The van der Waals surface area contributed by atoms with Gasteiger partial charge in [0.15, 0.2) is 6.29 Å². The van der Waals surface area contributed by atoms with E-state index in [2.05, 4.69) is 26.1 Å². The normalized spacial score (nSPS) is 12.6. The van der Waals surface area contributed by atoms with Crippen LogP contribution in [0.2, 0.25) is 0 Å². The Kier molecular flexibility index (Phi) is 3.86. The number of nitrogens with one attached hydrogen (secondary N) is 1. The average molecular weight is 147 g/mol. The Morgan fingerprint density at radius 2 is 1.80 bits per heavy atom. The first-order chi connectivity index (χ1) is 4.42. The van der Waals surface area contributed by atoms with E-state index >= 15 is 0 Å². The minimum absolute atomic E-state index is 0.203. The van der Waals surface area contributed by atoms with Crippen LogP contribution in [-0.2, 0) is 0 Å². The summed E-state index contributed by atoms with van der Waals surface area (Å²) >= 11 is 0. The van der Waals surface area contributed by atoms with Gasteiger partial charge in [-0.05, 0) is 5.41 Å². The topological polar surface area (TPSA) is 52.5 Å². The molecule has 0 rings (SSSR count). The molecule has 0 aliphatic carbocycles. The third-order valence-electron chi connectivity index (χ3n) is 0.982. The van der Waals surface area contributed by atoms with Gasteiger partial charge in [0.1, 0.15) is 0 Å². The lowest BCUT2D eigenvalue weighted by Crippen LogP contribution is -2.33. The first kappa shape index (κ1) is 9.88. The van der Waals surface area contributed by atoms with Crippen LogP contribution in [0.4, 0.5) is 0 Å². The zero-order valence-corrected chi connectivity index (χ0v) is 6.89. The summed E-state index contributed by atoms with van der Waals surface area (Å²) in [6.45, 7) is 7.30. The fourth-order valence-corrected chi connectivity index (χ4v) is 0.576. The molecule has 0 atom stereocenters. The Morgan fingerprint density at radius 3 is 2.10 bits per heavy atom. The van der Waals surface area contributed by atoms with Gasteiger partial charge in [0.05, 0.1) is 0 Å². The Morgan fingerprint density at radius 1 is 1.30 bits per heavy atom. The molecule has 0 bridgehead atoms. The SMILES string of the molecule is CC(C)(C)CNCC(O)O. The summed E-state index contributed by atoms with van der Waals surface area (Å²) in [5.41, 5.74) is 0.203. The van der Waals surface area contributed by atoms with E-state index in [9.17, 15) is 0 Å². The van der Waals surface area contributed by atoms with E-state index in [1.54, 1.807) is 0 Å². The van der Waals surface area contributed by atoms with Crippen molar-refractivity contribution in [2.75, 3.05) is 13.1 Å². The van der Waals surface area contributed by atoms with Crippen LogP contribution in [0.5, 0.6) is 0 Å². The Bertz CT molecular complexity index is 86.1. The predicted molar refractivity (Wildman–Crippen MR) is 40.6 cm³/mol. The number of rotatable bonds is 3. The Hall–Kier alpha value is -0.120. The summed E-state index contributed by atoms with van der Waals surface area (Å²) in [6.07, 6.45) is -1.23. The average Bonchev–Trinajstić information content (AvgIpc) is 1.59. The predicted octanol–water partition coefficient (Wildman–Crippen LogP) is -0.0672. The standard InChI is InChI=1S/C7H17NO2/c1-7(2,3)5-8-4-6(9)10/h6,8-10H,4-5H2,1-3H3. The minimum Gasteiger partial charge on any atom is -0.367 e. The molecule has 0 aliphatic heterocycles.